The lowest BCUT2D eigenvalue weighted by atomic mass is 10.0. The Morgan fingerprint density at radius 2 is 1.80 bits per heavy atom. The smallest absolute Gasteiger partial charge is 0.126 e. The first-order chi connectivity index (χ1) is 9.49. The van der Waals surface area contributed by atoms with Crippen molar-refractivity contribution in [3.63, 3.8) is 0 Å². The Bertz CT molecular complexity index is 597. The second-order valence-electron chi connectivity index (χ2n) is 4.38. The van der Waals surface area contributed by atoms with Gasteiger partial charge in [-0.15, -0.1) is 0 Å². The van der Waals surface area contributed by atoms with Crippen LogP contribution in [-0.4, -0.2) is 12.2 Å². The summed E-state index contributed by atoms with van der Waals surface area (Å²) in [6, 6.07) is 8.37. The molecule has 0 aliphatic heterocycles. The molecule has 0 saturated carbocycles. The van der Waals surface area contributed by atoms with Crippen LogP contribution in [0.1, 0.15) is 17.2 Å². The maximum absolute atomic E-state index is 13.1. The Balaban J connectivity index is 2.24. The number of hydrogen-bond acceptors (Lipinski definition) is 2. The summed E-state index contributed by atoms with van der Waals surface area (Å²) in [5.74, 6) is -0.756. The minimum atomic E-state index is -0.997. The third-order valence-electron chi connectivity index (χ3n) is 2.94. The average Bonchev–Trinajstić information content (AvgIpc) is 2.40. The van der Waals surface area contributed by atoms with E-state index in [1.54, 1.807) is 25.3 Å². The van der Waals surface area contributed by atoms with Gasteiger partial charge in [0.1, 0.15) is 17.4 Å². The number of aliphatic hydroxyl groups excluding tert-OH is 1. The van der Waals surface area contributed by atoms with Gasteiger partial charge in [-0.3, -0.25) is 0 Å². The summed E-state index contributed by atoms with van der Waals surface area (Å²) >= 11 is 3.37. The van der Waals surface area contributed by atoms with Gasteiger partial charge in [-0.2, -0.15) is 0 Å². The molecule has 0 amide bonds. The number of aliphatic hydroxyl groups is 1. The fourth-order valence-corrected chi connectivity index (χ4v) is 2.34. The van der Waals surface area contributed by atoms with Gasteiger partial charge in [0.2, 0.25) is 0 Å². The Kier molecular flexibility index (Phi) is 4.73. The van der Waals surface area contributed by atoms with Gasteiger partial charge in [0.25, 0.3) is 0 Å². The van der Waals surface area contributed by atoms with E-state index in [1.165, 1.54) is 0 Å². The fourth-order valence-electron chi connectivity index (χ4n) is 1.93. The fraction of sp³-hybridized carbons (Fsp3) is 0.200. The Labute approximate surface area is 124 Å². The molecule has 0 radical (unpaired) electrons. The molecule has 0 aliphatic carbocycles. The molecule has 2 nitrogen and oxygen atoms in total. The SMILES string of the molecule is COc1ccc(Br)c(CC(O)c2cc(F)cc(F)c2)c1. The van der Waals surface area contributed by atoms with Crippen LogP contribution < -0.4 is 4.74 Å². The number of benzene rings is 2. The molecule has 0 aliphatic rings. The van der Waals surface area contributed by atoms with Crippen LogP contribution in [0, 0.1) is 11.6 Å². The topological polar surface area (TPSA) is 29.5 Å². The molecule has 1 N–H and O–H groups in total. The van der Waals surface area contributed by atoms with E-state index < -0.39 is 17.7 Å². The van der Waals surface area contributed by atoms with Gasteiger partial charge in [0, 0.05) is 17.0 Å². The van der Waals surface area contributed by atoms with Crippen molar-refractivity contribution in [3.05, 3.63) is 63.6 Å². The lowest BCUT2D eigenvalue weighted by molar-refractivity contribution is 0.177. The van der Waals surface area contributed by atoms with Crippen molar-refractivity contribution >= 4 is 15.9 Å². The van der Waals surface area contributed by atoms with Crippen LogP contribution in [-0.2, 0) is 6.42 Å². The van der Waals surface area contributed by atoms with E-state index in [0.29, 0.717) is 5.75 Å². The van der Waals surface area contributed by atoms with Crippen molar-refractivity contribution in [3.8, 4) is 5.75 Å². The zero-order chi connectivity index (χ0) is 14.7. The highest BCUT2D eigenvalue weighted by Gasteiger charge is 2.13. The Hall–Kier alpha value is -1.46. The summed E-state index contributed by atoms with van der Waals surface area (Å²) in [5, 5.41) is 10.1. The van der Waals surface area contributed by atoms with E-state index in [1.807, 2.05) is 0 Å². The maximum Gasteiger partial charge on any atom is 0.126 e. The first kappa shape index (κ1) is 14.9. The summed E-state index contributed by atoms with van der Waals surface area (Å²) in [6.45, 7) is 0. The van der Waals surface area contributed by atoms with Gasteiger partial charge >= 0.3 is 0 Å². The number of hydrogen-bond donors (Lipinski definition) is 1. The van der Waals surface area contributed by atoms with E-state index in [0.717, 1.165) is 28.2 Å². The summed E-state index contributed by atoms with van der Waals surface area (Å²) in [4.78, 5) is 0. The molecule has 1 atom stereocenters. The zero-order valence-electron chi connectivity index (χ0n) is 10.7. The quantitative estimate of drug-likeness (QED) is 0.909. The minimum Gasteiger partial charge on any atom is -0.497 e. The molecule has 2 rings (SSSR count). The third kappa shape index (κ3) is 3.55. The van der Waals surface area contributed by atoms with Crippen molar-refractivity contribution in [1.29, 1.82) is 0 Å². The molecule has 0 saturated heterocycles. The first-order valence-corrected chi connectivity index (χ1v) is 6.75. The minimum absolute atomic E-state index is 0.206. The average molecular weight is 343 g/mol. The third-order valence-corrected chi connectivity index (χ3v) is 3.71. The van der Waals surface area contributed by atoms with Crippen LogP contribution in [0.25, 0.3) is 0 Å². The number of ether oxygens (including phenoxy) is 1. The largest absolute Gasteiger partial charge is 0.497 e. The standard InChI is InChI=1S/C15H13BrF2O2/c1-20-13-2-3-14(16)9(6-13)7-15(19)10-4-11(17)8-12(18)5-10/h2-6,8,15,19H,7H2,1H3. The van der Waals surface area contributed by atoms with Crippen LogP contribution in [0.2, 0.25) is 0 Å². The van der Waals surface area contributed by atoms with Crippen LogP contribution in [0.3, 0.4) is 0 Å². The zero-order valence-corrected chi connectivity index (χ0v) is 12.3. The predicted octanol–water partition coefficient (Wildman–Crippen LogP) is 4.01. The molecule has 0 bridgehead atoms. The number of methoxy groups -OCH3 is 1. The van der Waals surface area contributed by atoms with Crippen molar-refractivity contribution in [2.45, 2.75) is 12.5 Å². The van der Waals surface area contributed by atoms with Crippen molar-refractivity contribution in [2.75, 3.05) is 7.11 Å². The molecule has 0 spiro atoms. The maximum atomic E-state index is 13.1. The molecule has 2 aromatic rings. The predicted molar refractivity (Wildman–Crippen MR) is 75.7 cm³/mol. The molecular weight excluding hydrogens is 330 g/mol. The van der Waals surface area contributed by atoms with Gasteiger partial charge in [0.15, 0.2) is 0 Å². The second kappa shape index (κ2) is 6.33. The van der Waals surface area contributed by atoms with Crippen LogP contribution in [0.5, 0.6) is 5.75 Å². The number of halogens is 3. The summed E-state index contributed by atoms with van der Waals surface area (Å²) in [7, 11) is 1.55. The lowest BCUT2D eigenvalue weighted by Gasteiger charge is -2.13. The molecule has 106 valence electrons. The molecule has 0 fully saturated rings. The van der Waals surface area contributed by atoms with Gasteiger partial charge < -0.3 is 9.84 Å². The monoisotopic (exact) mass is 342 g/mol. The molecule has 2 aromatic carbocycles. The number of rotatable bonds is 4. The second-order valence-corrected chi connectivity index (χ2v) is 5.23. The Morgan fingerprint density at radius 3 is 2.40 bits per heavy atom. The Morgan fingerprint density at radius 1 is 1.15 bits per heavy atom. The first-order valence-electron chi connectivity index (χ1n) is 5.96. The summed E-state index contributed by atoms with van der Waals surface area (Å²) < 4.78 is 32.2. The van der Waals surface area contributed by atoms with E-state index in [2.05, 4.69) is 15.9 Å². The lowest BCUT2D eigenvalue weighted by Crippen LogP contribution is -2.04. The van der Waals surface area contributed by atoms with Crippen LogP contribution in [0.4, 0.5) is 8.78 Å². The van der Waals surface area contributed by atoms with Gasteiger partial charge in [-0.05, 0) is 41.5 Å². The van der Waals surface area contributed by atoms with Crippen molar-refractivity contribution in [2.24, 2.45) is 0 Å². The highest BCUT2D eigenvalue weighted by atomic mass is 79.9. The van der Waals surface area contributed by atoms with Crippen LogP contribution >= 0.6 is 15.9 Å². The molecular formula is C15H13BrF2O2. The van der Waals surface area contributed by atoms with E-state index in [-0.39, 0.29) is 12.0 Å². The van der Waals surface area contributed by atoms with Gasteiger partial charge in [0.05, 0.1) is 13.2 Å². The van der Waals surface area contributed by atoms with Crippen LogP contribution in [0.15, 0.2) is 40.9 Å². The normalized spacial score (nSPS) is 12.2. The van der Waals surface area contributed by atoms with E-state index in [4.69, 9.17) is 4.74 Å². The molecule has 0 aromatic heterocycles. The van der Waals surface area contributed by atoms with Gasteiger partial charge in [-0.25, -0.2) is 8.78 Å². The molecule has 5 heteroatoms. The molecule has 1 unspecified atom stereocenters. The van der Waals surface area contributed by atoms with E-state index >= 15 is 0 Å². The van der Waals surface area contributed by atoms with Crippen molar-refractivity contribution in [1.82, 2.24) is 0 Å². The summed E-state index contributed by atoms with van der Waals surface area (Å²) in [6.07, 6.45) is -0.774. The summed E-state index contributed by atoms with van der Waals surface area (Å²) in [5.41, 5.74) is 0.999. The molecule has 0 heterocycles. The van der Waals surface area contributed by atoms with E-state index in [9.17, 15) is 13.9 Å². The highest BCUT2D eigenvalue weighted by Crippen LogP contribution is 2.28. The van der Waals surface area contributed by atoms with Crippen molar-refractivity contribution < 1.29 is 18.6 Å². The highest BCUT2D eigenvalue weighted by molar-refractivity contribution is 9.10. The van der Waals surface area contributed by atoms with Gasteiger partial charge in [-0.1, -0.05) is 15.9 Å². The molecule has 20 heavy (non-hydrogen) atoms.